The predicted octanol–water partition coefficient (Wildman–Crippen LogP) is 5.31. The minimum absolute atomic E-state index is 0.190. The van der Waals surface area contributed by atoms with Gasteiger partial charge in [-0.1, -0.05) is 30.3 Å². The van der Waals surface area contributed by atoms with Gasteiger partial charge in [-0.05, 0) is 55.9 Å². The van der Waals surface area contributed by atoms with Crippen LogP contribution in [0, 0.1) is 13.8 Å². The second-order valence-corrected chi connectivity index (χ2v) is 6.87. The normalized spacial score (nSPS) is 13.7. The molecule has 124 valence electrons. The highest BCUT2D eigenvalue weighted by molar-refractivity contribution is 6.11. The molecule has 3 nitrogen and oxygen atoms in total. The summed E-state index contributed by atoms with van der Waals surface area (Å²) >= 11 is 0. The average Bonchev–Trinajstić information content (AvgIpc) is 3.21. The molecular formula is C22H18O3. The Morgan fingerprint density at radius 1 is 0.920 bits per heavy atom. The van der Waals surface area contributed by atoms with Crippen LogP contribution in [0.3, 0.4) is 0 Å². The molecule has 1 aliphatic carbocycles. The van der Waals surface area contributed by atoms with Gasteiger partial charge in [-0.25, -0.2) is 4.79 Å². The van der Waals surface area contributed by atoms with E-state index in [1.165, 1.54) is 0 Å². The Balaban J connectivity index is 1.99. The van der Waals surface area contributed by atoms with Gasteiger partial charge in [0.25, 0.3) is 0 Å². The average molecular weight is 330 g/mol. The first-order valence-electron chi connectivity index (χ1n) is 8.72. The smallest absolute Gasteiger partial charge is 0.339 e. The Bertz CT molecular complexity index is 1190. The first-order chi connectivity index (χ1) is 12.1. The van der Waals surface area contributed by atoms with E-state index in [2.05, 4.69) is 19.1 Å². The maximum Gasteiger partial charge on any atom is 0.339 e. The van der Waals surface area contributed by atoms with Gasteiger partial charge in [-0.15, -0.1) is 0 Å². The zero-order valence-electron chi connectivity index (χ0n) is 14.3. The highest BCUT2D eigenvalue weighted by Gasteiger charge is 2.25. The van der Waals surface area contributed by atoms with Crippen LogP contribution in [0.5, 0.6) is 0 Å². The van der Waals surface area contributed by atoms with Gasteiger partial charge in [-0.2, -0.15) is 0 Å². The molecule has 0 amide bonds. The summed E-state index contributed by atoms with van der Waals surface area (Å²) in [5.74, 6) is 0.898. The van der Waals surface area contributed by atoms with Gasteiger partial charge in [0.2, 0.25) is 0 Å². The maximum atomic E-state index is 12.3. The zero-order chi connectivity index (χ0) is 17.1. The molecule has 25 heavy (non-hydrogen) atoms. The van der Waals surface area contributed by atoms with Gasteiger partial charge in [0.05, 0.1) is 5.39 Å². The minimum Gasteiger partial charge on any atom is -0.460 e. The molecule has 0 fully saturated rings. The summed E-state index contributed by atoms with van der Waals surface area (Å²) in [6.07, 6.45) is 2.71. The fourth-order valence-corrected chi connectivity index (χ4v) is 4.27. The summed E-state index contributed by atoms with van der Waals surface area (Å²) in [5, 5.41) is 2.11. The highest BCUT2D eigenvalue weighted by Crippen LogP contribution is 2.42. The Kier molecular flexibility index (Phi) is 2.96. The van der Waals surface area contributed by atoms with Crippen LogP contribution in [0.1, 0.15) is 28.9 Å². The van der Waals surface area contributed by atoms with Crippen molar-refractivity contribution in [3.05, 3.63) is 69.3 Å². The summed E-state index contributed by atoms with van der Waals surface area (Å²) in [5.41, 5.74) is 6.60. The van der Waals surface area contributed by atoms with E-state index in [9.17, 15) is 4.79 Å². The fraction of sp³-hybridized carbons (Fsp3) is 0.227. The standard InChI is InChI=1S/C22H18O3/c1-12-11-17-20(15-9-6-10-16(15)22(23)25-17)21-18(12)19(13(2)24-21)14-7-4-3-5-8-14/h3-5,7-8,11H,6,9-10H2,1-2H3. The lowest BCUT2D eigenvalue weighted by molar-refractivity contribution is 0.549. The van der Waals surface area contributed by atoms with Crippen molar-refractivity contribution in [2.45, 2.75) is 33.1 Å². The van der Waals surface area contributed by atoms with Gasteiger partial charge in [0, 0.05) is 16.5 Å². The van der Waals surface area contributed by atoms with Crippen LogP contribution in [0.2, 0.25) is 0 Å². The summed E-state index contributed by atoms with van der Waals surface area (Å²) in [4.78, 5) is 12.3. The second-order valence-electron chi connectivity index (χ2n) is 6.87. The van der Waals surface area contributed by atoms with Crippen LogP contribution in [0.4, 0.5) is 0 Å². The molecule has 5 rings (SSSR count). The molecule has 0 unspecified atom stereocenters. The molecule has 4 aromatic rings. The van der Waals surface area contributed by atoms with Crippen molar-refractivity contribution in [2.24, 2.45) is 0 Å². The lowest BCUT2D eigenvalue weighted by Gasteiger charge is -2.07. The Labute approximate surface area is 144 Å². The van der Waals surface area contributed by atoms with E-state index in [4.69, 9.17) is 8.83 Å². The molecule has 2 heterocycles. The van der Waals surface area contributed by atoms with Crippen molar-refractivity contribution in [1.29, 1.82) is 0 Å². The lowest BCUT2D eigenvalue weighted by atomic mass is 9.96. The van der Waals surface area contributed by atoms with E-state index in [-0.39, 0.29) is 5.63 Å². The molecule has 2 aromatic heterocycles. The van der Waals surface area contributed by atoms with Crippen LogP contribution in [-0.2, 0) is 12.8 Å². The minimum atomic E-state index is -0.190. The van der Waals surface area contributed by atoms with Gasteiger partial charge in [-0.3, -0.25) is 0 Å². The highest BCUT2D eigenvalue weighted by atomic mass is 16.4. The fourth-order valence-electron chi connectivity index (χ4n) is 4.27. The molecule has 2 aromatic carbocycles. The molecule has 0 saturated heterocycles. The van der Waals surface area contributed by atoms with Crippen molar-refractivity contribution in [3.8, 4) is 11.1 Å². The van der Waals surface area contributed by atoms with Crippen LogP contribution < -0.4 is 5.63 Å². The van der Waals surface area contributed by atoms with Crippen molar-refractivity contribution < 1.29 is 8.83 Å². The monoisotopic (exact) mass is 330 g/mol. The van der Waals surface area contributed by atoms with Gasteiger partial charge < -0.3 is 8.83 Å². The summed E-state index contributed by atoms with van der Waals surface area (Å²) in [7, 11) is 0. The molecular weight excluding hydrogens is 312 g/mol. The van der Waals surface area contributed by atoms with E-state index in [0.29, 0.717) is 5.58 Å². The largest absolute Gasteiger partial charge is 0.460 e. The first-order valence-corrected chi connectivity index (χ1v) is 8.72. The quantitative estimate of drug-likeness (QED) is 0.444. The number of hydrogen-bond donors (Lipinski definition) is 0. The van der Waals surface area contributed by atoms with E-state index >= 15 is 0 Å². The summed E-state index contributed by atoms with van der Waals surface area (Å²) in [6, 6.07) is 12.3. The molecule has 3 heteroatoms. The van der Waals surface area contributed by atoms with Crippen molar-refractivity contribution in [1.82, 2.24) is 0 Å². The van der Waals surface area contributed by atoms with Crippen LogP contribution >= 0.6 is 0 Å². The molecule has 0 bridgehead atoms. The third-order valence-corrected chi connectivity index (χ3v) is 5.33. The molecule has 1 aliphatic rings. The lowest BCUT2D eigenvalue weighted by Crippen LogP contribution is -2.07. The number of hydrogen-bond acceptors (Lipinski definition) is 3. The van der Waals surface area contributed by atoms with E-state index in [0.717, 1.165) is 69.2 Å². The number of aryl methyl sites for hydroxylation is 3. The Hall–Kier alpha value is -2.81. The molecule has 0 aliphatic heterocycles. The third-order valence-electron chi connectivity index (χ3n) is 5.33. The molecule has 0 atom stereocenters. The van der Waals surface area contributed by atoms with Gasteiger partial charge in [0.15, 0.2) is 0 Å². The van der Waals surface area contributed by atoms with Crippen molar-refractivity contribution >= 4 is 21.9 Å². The molecule has 0 saturated carbocycles. The number of fused-ring (bicyclic) bond motifs is 5. The Morgan fingerprint density at radius 3 is 2.48 bits per heavy atom. The topological polar surface area (TPSA) is 43.4 Å². The van der Waals surface area contributed by atoms with Gasteiger partial charge in [0.1, 0.15) is 16.9 Å². The van der Waals surface area contributed by atoms with Crippen LogP contribution in [0.25, 0.3) is 33.1 Å². The van der Waals surface area contributed by atoms with Crippen molar-refractivity contribution in [2.75, 3.05) is 0 Å². The van der Waals surface area contributed by atoms with E-state index < -0.39 is 0 Å². The molecule has 0 N–H and O–H groups in total. The predicted molar refractivity (Wildman–Crippen MR) is 99.2 cm³/mol. The number of benzene rings is 2. The SMILES string of the molecule is Cc1oc2c(c(C)cc3oc(=O)c4c(c32)CCC4)c1-c1ccccc1. The Morgan fingerprint density at radius 2 is 1.68 bits per heavy atom. The van der Waals surface area contributed by atoms with Crippen LogP contribution in [-0.4, -0.2) is 0 Å². The van der Waals surface area contributed by atoms with Crippen LogP contribution in [0.15, 0.2) is 50.0 Å². The first kappa shape index (κ1) is 14.5. The summed E-state index contributed by atoms with van der Waals surface area (Å²) in [6.45, 7) is 4.06. The number of furan rings is 1. The summed E-state index contributed by atoms with van der Waals surface area (Å²) < 4.78 is 11.9. The third kappa shape index (κ3) is 1.95. The van der Waals surface area contributed by atoms with Crippen molar-refractivity contribution in [3.63, 3.8) is 0 Å². The van der Waals surface area contributed by atoms with Gasteiger partial charge >= 0.3 is 5.63 Å². The second kappa shape index (κ2) is 5.09. The molecule has 0 spiro atoms. The zero-order valence-corrected chi connectivity index (χ0v) is 14.3. The maximum absolute atomic E-state index is 12.3. The number of rotatable bonds is 1. The molecule has 0 radical (unpaired) electrons. The van der Waals surface area contributed by atoms with E-state index in [1.54, 1.807) is 0 Å². The van der Waals surface area contributed by atoms with E-state index in [1.807, 2.05) is 31.2 Å².